The third-order valence-electron chi connectivity index (χ3n) is 12.0. The number of benzene rings is 2. The highest BCUT2D eigenvalue weighted by atomic mass is 35.5. The van der Waals surface area contributed by atoms with E-state index in [2.05, 4.69) is 46.7 Å². The van der Waals surface area contributed by atoms with Gasteiger partial charge in [-0.25, -0.2) is 4.52 Å². The SMILES string of the molecule is Cc1c(-c2cc3ccc(-c4ccc(C(N)=O)c(Cl)c4)cc3n2CC2CC2)nn2cc(C(=O)N3CC4CC5C6CC3C456)ccc12. The Morgan fingerprint density at radius 1 is 1.00 bits per heavy atom. The van der Waals surface area contributed by atoms with Gasteiger partial charge in [0.2, 0.25) is 5.91 Å². The van der Waals surface area contributed by atoms with E-state index in [0.717, 1.165) is 80.9 Å². The number of halogens is 1. The summed E-state index contributed by atoms with van der Waals surface area (Å²) in [4.78, 5) is 27.6. The molecule has 0 bridgehead atoms. The maximum atomic E-state index is 13.7. The van der Waals surface area contributed by atoms with Crippen LogP contribution in [0.25, 0.3) is 38.9 Å². The van der Waals surface area contributed by atoms with E-state index in [0.29, 0.717) is 28.0 Å². The first-order valence-electron chi connectivity index (χ1n) is 15.9. The van der Waals surface area contributed by atoms with Gasteiger partial charge in [0.1, 0.15) is 5.69 Å². The molecule has 5 fully saturated rings. The van der Waals surface area contributed by atoms with Crippen molar-refractivity contribution >= 4 is 39.8 Å². The summed E-state index contributed by atoms with van der Waals surface area (Å²) in [6.07, 6.45) is 6.95. The lowest BCUT2D eigenvalue weighted by molar-refractivity contribution is 0.0584. The van der Waals surface area contributed by atoms with E-state index in [9.17, 15) is 9.59 Å². The van der Waals surface area contributed by atoms with Crippen LogP contribution in [0.1, 0.15) is 52.0 Å². The Morgan fingerprint density at radius 2 is 1.80 bits per heavy atom. The fourth-order valence-corrected chi connectivity index (χ4v) is 9.81. The van der Waals surface area contributed by atoms with E-state index < -0.39 is 5.91 Å². The minimum Gasteiger partial charge on any atom is -0.366 e. The lowest BCUT2D eigenvalue weighted by Gasteiger charge is -2.39. The second kappa shape index (κ2) is 8.33. The van der Waals surface area contributed by atoms with Crippen LogP contribution in [0.15, 0.2) is 60.8 Å². The minimum atomic E-state index is -0.533. The Morgan fingerprint density at radius 3 is 2.52 bits per heavy atom. The molecular weight excluding hydrogens is 570 g/mol. The fourth-order valence-electron chi connectivity index (χ4n) is 9.54. The smallest absolute Gasteiger partial charge is 0.255 e. The van der Waals surface area contributed by atoms with Gasteiger partial charge in [-0.05, 0) is 104 Å². The molecule has 220 valence electrons. The van der Waals surface area contributed by atoms with Crippen LogP contribution >= 0.6 is 11.6 Å². The van der Waals surface area contributed by atoms with Crippen LogP contribution in [-0.2, 0) is 6.54 Å². The molecule has 4 heterocycles. The zero-order valence-electron chi connectivity index (χ0n) is 24.5. The van der Waals surface area contributed by atoms with E-state index in [1.54, 1.807) is 6.07 Å². The monoisotopic (exact) mass is 601 g/mol. The first kappa shape index (κ1) is 25.2. The van der Waals surface area contributed by atoms with Gasteiger partial charge in [0.15, 0.2) is 0 Å². The summed E-state index contributed by atoms with van der Waals surface area (Å²) in [5.41, 5.74) is 14.3. The Kier molecular flexibility index (Phi) is 4.78. The Bertz CT molecular complexity index is 2120. The van der Waals surface area contributed by atoms with Crippen molar-refractivity contribution in [1.29, 1.82) is 0 Å². The van der Waals surface area contributed by atoms with Crippen LogP contribution in [0.2, 0.25) is 5.02 Å². The number of likely N-dealkylation sites (tertiary alicyclic amines) is 1. The molecular formula is C36H32ClN5O2. The van der Waals surface area contributed by atoms with Gasteiger partial charge in [-0.1, -0.05) is 29.8 Å². The Labute approximate surface area is 259 Å². The number of hydrogen-bond acceptors (Lipinski definition) is 3. The molecule has 4 saturated carbocycles. The number of carbonyl (C=O) groups excluding carboxylic acids is 2. The summed E-state index contributed by atoms with van der Waals surface area (Å²) in [6.45, 7) is 4.00. The number of primary amides is 1. The molecule has 5 aliphatic rings. The molecule has 3 aromatic heterocycles. The van der Waals surface area contributed by atoms with Crippen molar-refractivity contribution in [2.24, 2.45) is 34.8 Å². The van der Waals surface area contributed by atoms with Gasteiger partial charge in [-0.3, -0.25) is 9.59 Å². The highest BCUT2D eigenvalue weighted by molar-refractivity contribution is 6.34. The third-order valence-corrected chi connectivity index (χ3v) is 12.3. The Hall–Kier alpha value is -4.10. The maximum Gasteiger partial charge on any atom is 0.255 e. The molecule has 1 aliphatic heterocycles. The predicted molar refractivity (Wildman–Crippen MR) is 170 cm³/mol. The second-order valence-electron chi connectivity index (χ2n) is 14.0. The highest BCUT2D eigenvalue weighted by Gasteiger charge is 2.88. The van der Waals surface area contributed by atoms with Crippen molar-refractivity contribution in [2.45, 2.75) is 45.2 Å². The van der Waals surface area contributed by atoms with Crippen molar-refractivity contribution in [3.8, 4) is 22.5 Å². The molecule has 5 atom stereocenters. The number of amides is 2. The lowest BCUT2D eigenvalue weighted by atomic mass is 9.67. The van der Waals surface area contributed by atoms with Crippen molar-refractivity contribution < 1.29 is 9.59 Å². The largest absolute Gasteiger partial charge is 0.366 e. The topological polar surface area (TPSA) is 85.6 Å². The number of carbonyl (C=O) groups is 2. The number of aryl methyl sites for hydroxylation is 1. The van der Waals surface area contributed by atoms with Crippen molar-refractivity contribution in [2.75, 3.05) is 6.54 Å². The van der Waals surface area contributed by atoms with Gasteiger partial charge in [0.25, 0.3) is 5.91 Å². The number of rotatable bonds is 6. The van der Waals surface area contributed by atoms with Gasteiger partial charge >= 0.3 is 0 Å². The number of nitrogens with zero attached hydrogens (tertiary/aromatic N) is 4. The van der Waals surface area contributed by atoms with Crippen molar-refractivity contribution in [1.82, 2.24) is 19.1 Å². The van der Waals surface area contributed by atoms with Gasteiger partial charge in [-0.2, -0.15) is 5.10 Å². The normalized spacial score (nSPS) is 27.6. The Balaban J connectivity index is 1.04. The molecule has 10 rings (SSSR count). The number of fused-ring (bicyclic) bond motifs is 3. The van der Waals surface area contributed by atoms with Crippen LogP contribution in [0.4, 0.5) is 0 Å². The molecule has 2 amide bonds. The molecule has 8 heteroatoms. The number of nitrogens with two attached hydrogens (primary N) is 1. The van der Waals surface area contributed by atoms with Gasteiger partial charge < -0.3 is 15.2 Å². The van der Waals surface area contributed by atoms with Crippen LogP contribution < -0.4 is 5.73 Å². The summed E-state index contributed by atoms with van der Waals surface area (Å²) in [5.74, 6) is 2.85. The average Bonchev–Trinajstić information content (AvgIpc) is 3.73. The second-order valence-corrected chi connectivity index (χ2v) is 14.4. The molecule has 7 nitrogen and oxygen atoms in total. The van der Waals surface area contributed by atoms with E-state index in [1.807, 2.05) is 28.9 Å². The minimum absolute atomic E-state index is 0.166. The predicted octanol–water partition coefficient (Wildman–Crippen LogP) is 6.57. The first-order valence-corrected chi connectivity index (χ1v) is 16.2. The van der Waals surface area contributed by atoms with E-state index in [4.69, 9.17) is 22.4 Å². The fraction of sp³-hybridized carbons (Fsp3) is 0.361. The van der Waals surface area contributed by atoms with Crippen LogP contribution in [0.5, 0.6) is 0 Å². The summed E-state index contributed by atoms with van der Waals surface area (Å²) in [7, 11) is 0. The zero-order chi connectivity index (χ0) is 29.6. The number of aromatic nitrogens is 3. The number of hydrogen-bond donors (Lipinski definition) is 1. The van der Waals surface area contributed by atoms with Crippen LogP contribution in [0, 0.1) is 36.0 Å². The van der Waals surface area contributed by atoms with Crippen LogP contribution in [-0.4, -0.2) is 43.5 Å². The lowest BCUT2D eigenvalue weighted by Crippen LogP contribution is -2.45. The maximum absolute atomic E-state index is 13.7. The quantitative estimate of drug-likeness (QED) is 0.239. The van der Waals surface area contributed by atoms with E-state index >= 15 is 0 Å². The highest BCUT2D eigenvalue weighted by Crippen LogP contribution is 2.88. The molecule has 2 aromatic carbocycles. The molecule has 1 saturated heterocycles. The molecule has 44 heavy (non-hydrogen) atoms. The van der Waals surface area contributed by atoms with E-state index in [-0.39, 0.29) is 5.91 Å². The molecule has 0 radical (unpaired) electrons. The third kappa shape index (κ3) is 3.15. The molecule has 1 spiro atoms. The van der Waals surface area contributed by atoms with E-state index in [1.165, 1.54) is 25.7 Å². The van der Waals surface area contributed by atoms with Crippen molar-refractivity contribution in [3.05, 3.63) is 82.5 Å². The summed E-state index contributed by atoms with van der Waals surface area (Å²) >= 11 is 6.40. The average molecular weight is 602 g/mol. The van der Waals surface area contributed by atoms with Gasteiger partial charge in [-0.15, -0.1) is 0 Å². The summed E-state index contributed by atoms with van der Waals surface area (Å²) in [5, 5.41) is 6.62. The standard InChI is InChI=1S/C36H32ClN5O2/c1-18-29-9-7-23(35(44)41-17-24-13-26-27-14-32(41)36(24,26)27)16-42(29)39-33(18)31-12-22-5-4-21(11-30(22)40(31)15-19-2-3-19)20-6-8-25(34(38)43)28(37)10-20/h4-12,16,19,24,26-27,32H,2-3,13-15,17H2,1H3,(H2,38,43). The van der Waals surface area contributed by atoms with Crippen LogP contribution in [0.3, 0.4) is 0 Å². The zero-order valence-corrected chi connectivity index (χ0v) is 25.2. The number of pyridine rings is 1. The summed E-state index contributed by atoms with van der Waals surface area (Å²) < 4.78 is 4.33. The van der Waals surface area contributed by atoms with Gasteiger partial charge in [0, 0.05) is 47.2 Å². The van der Waals surface area contributed by atoms with Gasteiger partial charge in [0.05, 0.1) is 27.4 Å². The molecule has 5 unspecified atom stereocenters. The summed E-state index contributed by atoms with van der Waals surface area (Å²) in [6, 6.07) is 18.6. The van der Waals surface area contributed by atoms with Crippen molar-refractivity contribution in [3.63, 3.8) is 0 Å². The molecule has 2 N–H and O–H groups in total. The molecule has 5 aromatic rings. The molecule has 4 aliphatic carbocycles. The first-order chi connectivity index (χ1) is 21.3.